The summed E-state index contributed by atoms with van der Waals surface area (Å²) in [4.78, 5) is 28.4. The van der Waals surface area contributed by atoms with Crippen LogP contribution in [-0.2, 0) is 4.79 Å². The van der Waals surface area contributed by atoms with Crippen molar-refractivity contribution in [3.05, 3.63) is 0 Å². The first-order chi connectivity index (χ1) is 9.52. The standard InChI is InChI=1S/C12H21N3O5/c16-6-5-13-1-3-14(4-2-13)12(20)15-8-9(17)7-10(15)11(18)19/h9-10,16-17H,1-8H2,(H,18,19)/t9-,10-/m1/s1. The summed E-state index contributed by atoms with van der Waals surface area (Å²) in [6.07, 6.45) is -0.679. The highest BCUT2D eigenvalue weighted by molar-refractivity contribution is 5.83. The second kappa shape index (κ2) is 6.38. The first-order valence-corrected chi connectivity index (χ1v) is 6.82. The molecule has 2 fully saturated rings. The topological polar surface area (TPSA) is 105 Å². The molecule has 114 valence electrons. The number of aliphatic hydroxyl groups excluding tert-OH is 2. The van der Waals surface area contributed by atoms with Crippen molar-refractivity contribution in [1.29, 1.82) is 0 Å². The van der Waals surface area contributed by atoms with Crippen LogP contribution >= 0.6 is 0 Å². The molecule has 0 radical (unpaired) electrons. The first kappa shape index (κ1) is 15.0. The molecular weight excluding hydrogens is 266 g/mol. The van der Waals surface area contributed by atoms with E-state index in [-0.39, 0.29) is 25.6 Å². The monoisotopic (exact) mass is 287 g/mol. The van der Waals surface area contributed by atoms with Crippen LogP contribution in [0.5, 0.6) is 0 Å². The van der Waals surface area contributed by atoms with Gasteiger partial charge < -0.3 is 25.1 Å². The Morgan fingerprint density at radius 2 is 1.80 bits per heavy atom. The Kier molecular flexibility index (Phi) is 4.79. The van der Waals surface area contributed by atoms with Gasteiger partial charge in [-0.2, -0.15) is 0 Å². The van der Waals surface area contributed by atoms with E-state index in [1.807, 2.05) is 0 Å². The summed E-state index contributed by atoms with van der Waals surface area (Å²) in [6.45, 7) is 3.11. The number of carboxylic acid groups (broad SMARTS) is 1. The van der Waals surface area contributed by atoms with Crippen LogP contribution in [0.25, 0.3) is 0 Å². The van der Waals surface area contributed by atoms with Crippen LogP contribution in [0, 0.1) is 0 Å². The molecule has 20 heavy (non-hydrogen) atoms. The summed E-state index contributed by atoms with van der Waals surface area (Å²) >= 11 is 0. The summed E-state index contributed by atoms with van der Waals surface area (Å²) in [7, 11) is 0. The third-order valence-electron chi connectivity index (χ3n) is 3.87. The van der Waals surface area contributed by atoms with Crippen molar-refractivity contribution in [2.75, 3.05) is 45.9 Å². The third-order valence-corrected chi connectivity index (χ3v) is 3.87. The van der Waals surface area contributed by atoms with E-state index in [2.05, 4.69) is 4.90 Å². The van der Waals surface area contributed by atoms with Crippen LogP contribution in [0.1, 0.15) is 6.42 Å². The molecule has 0 bridgehead atoms. The molecule has 2 amide bonds. The normalized spacial score (nSPS) is 27.9. The summed E-state index contributed by atoms with van der Waals surface area (Å²) in [6, 6.07) is -1.26. The number of hydrogen-bond acceptors (Lipinski definition) is 5. The van der Waals surface area contributed by atoms with Crippen molar-refractivity contribution in [3.8, 4) is 0 Å². The fourth-order valence-electron chi connectivity index (χ4n) is 2.75. The highest BCUT2D eigenvalue weighted by atomic mass is 16.4. The van der Waals surface area contributed by atoms with Gasteiger partial charge in [-0.1, -0.05) is 0 Å². The fourth-order valence-corrected chi connectivity index (χ4v) is 2.75. The molecule has 8 nitrogen and oxygen atoms in total. The van der Waals surface area contributed by atoms with E-state index in [1.54, 1.807) is 4.90 Å². The maximum absolute atomic E-state index is 12.3. The highest BCUT2D eigenvalue weighted by Gasteiger charge is 2.41. The molecule has 2 rings (SSSR count). The zero-order chi connectivity index (χ0) is 14.7. The van der Waals surface area contributed by atoms with E-state index < -0.39 is 18.1 Å². The van der Waals surface area contributed by atoms with E-state index >= 15 is 0 Å². The number of carbonyl (C=O) groups is 2. The molecule has 8 heteroatoms. The quantitative estimate of drug-likeness (QED) is 0.568. The summed E-state index contributed by atoms with van der Waals surface area (Å²) in [5.74, 6) is -1.08. The van der Waals surface area contributed by atoms with E-state index in [0.717, 1.165) is 0 Å². The van der Waals surface area contributed by atoms with Gasteiger partial charge in [0.15, 0.2) is 0 Å². The Balaban J connectivity index is 1.93. The van der Waals surface area contributed by atoms with Crippen molar-refractivity contribution in [2.24, 2.45) is 0 Å². The number of likely N-dealkylation sites (tertiary alicyclic amines) is 1. The van der Waals surface area contributed by atoms with Crippen molar-refractivity contribution < 1.29 is 24.9 Å². The Morgan fingerprint density at radius 1 is 1.15 bits per heavy atom. The van der Waals surface area contributed by atoms with Crippen molar-refractivity contribution in [1.82, 2.24) is 14.7 Å². The molecule has 2 saturated heterocycles. The van der Waals surface area contributed by atoms with Crippen molar-refractivity contribution >= 4 is 12.0 Å². The minimum absolute atomic E-state index is 0.0760. The highest BCUT2D eigenvalue weighted by Crippen LogP contribution is 2.20. The number of aliphatic hydroxyl groups is 2. The molecule has 0 spiro atoms. The lowest BCUT2D eigenvalue weighted by atomic mass is 10.2. The van der Waals surface area contributed by atoms with Gasteiger partial charge in [-0.25, -0.2) is 9.59 Å². The van der Waals surface area contributed by atoms with Crippen LogP contribution in [0.15, 0.2) is 0 Å². The number of amides is 2. The number of urea groups is 1. The number of piperazine rings is 1. The lowest BCUT2D eigenvalue weighted by Gasteiger charge is -2.37. The number of hydrogen-bond donors (Lipinski definition) is 3. The largest absolute Gasteiger partial charge is 0.480 e. The molecule has 2 atom stereocenters. The maximum atomic E-state index is 12.3. The minimum atomic E-state index is -1.08. The fraction of sp³-hybridized carbons (Fsp3) is 0.833. The van der Waals surface area contributed by atoms with Gasteiger partial charge >= 0.3 is 12.0 Å². The predicted molar refractivity (Wildman–Crippen MR) is 69.2 cm³/mol. The van der Waals surface area contributed by atoms with Gasteiger partial charge in [0.1, 0.15) is 6.04 Å². The van der Waals surface area contributed by atoms with Crippen LogP contribution < -0.4 is 0 Å². The molecular formula is C12H21N3O5. The molecule has 0 aromatic heterocycles. The number of rotatable bonds is 3. The van der Waals surface area contributed by atoms with Crippen molar-refractivity contribution in [3.63, 3.8) is 0 Å². The van der Waals surface area contributed by atoms with Crippen LogP contribution in [0.4, 0.5) is 4.79 Å². The van der Waals surface area contributed by atoms with E-state index in [1.165, 1.54) is 4.90 Å². The second-order valence-corrected chi connectivity index (χ2v) is 5.23. The molecule has 0 saturated carbocycles. The van der Waals surface area contributed by atoms with Crippen LogP contribution in [-0.4, -0.2) is 100 Å². The summed E-state index contributed by atoms with van der Waals surface area (Å²) < 4.78 is 0. The van der Waals surface area contributed by atoms with E-state index in [4.69, 9.17) is 10.2 Å². The van der Waals surface area contributed by atoms with Gasteiger partial charge in [0.25, 0.3) is 0 Å². The predicted octanol–water partition coefficient (Wildman–Crippen LogP) is -1.76. The van der Waals surface area contributed by atoms with Crippen molar-refractivity contribution in [2.45, 2.75) is 18.6 Å². The van der Waals surface area contributed by atoms with Gasteiger partial charge in [0, 0.05) is 45.7 Å². The van der Waals surface area contributed by atoms with Gasteiger partial charge in [-0.05, 0) is 0 Å². The molecule has 2 aliphatic heterocycles. The summed E-state index contributed by atoms with van der Waals surface area (Å²) in [5, 5.41) is 27.5. The first-order valence-electron chi connectivity index (χ1n) is 6.82. The molecule has 0 aliphatic carbocycles. The smallest absolute Gasteiger partial charge is 0.326 e. The Hall–Kier alpha value is -1.38. The zero-order valence-corrected chi connectivity index (χ0v) is 11.3. The van der Waals surface area contributed by atoms with Gasteiger partial charge in [-0.3, -0.25) is 4.90 Å². The second-order valence-electron chi connectivity index (χ2n) is 5.23. The lowest BCUT2D eigenvalue weighted by Crippen LogP contribution is -2.55. The number of nitrogens with zero attached hydrogens (tertiary/aromatic N) is 3. The Labute approximate surface area is 117 Å². The van der Waals surface area contributed by atoms with Gasteiger partial charge in [-0.15, -0.1) is 0 Å². The van der Waals surface area contributed by atoms with Crippen LogP contribution in [0.2, 0.25) is 0 Å². The Bertz CT molecular complexity index is 370. The number of carboxylic acids is 1. The number of β-amino-alcohol motifs (C(OH)–C–C–N with tert-alkyl or cyclic N) is 2. The molecule has 0 aromatic rings. The SMILES string of the molecule is O=C(O)[C@H]1C[C@@H](O)CN1C(=O)N1CCN(CCO)CC1. The molecule has 2 aliphatic rings. The van der Waals surface area contributed by atoms with Gasteiger partial charge in [0.05, 0.1) is 12.7 Å². The minimum Gasteiger partial charge on any atom is -0.480 e. The third kappa shape index (κ3) is 3.20. The maximum Gasteiger partial charge on any atom is 0.326 e. The lowest BCUT2D eigenvalue weighted by molar-refractivity contribution is -0.141. The molecule has 3 N–H and O–H groups in total. The van der Waals surface area contributed by atoms with Gasteiger partial charge in [0.2, 0.25) is 0 Å². The number of carbonyl (C=O) groups excluding carboxylic acids is 1. The zero-order valence-electron chi connectivity index (χ0n) is 11.3. The van der Waals surface area contributed by atoms with Crippen LogP contribution in [0.3, 0.4) is 0 Å². The average molecular weight is 287 g/mol. The summed E-state index contributed by atoms with van der Waals surface area (Å²) in [5.41, 5.74) is 0. The van der Waals surface area contributed by atoms with E-state index in [0.29, 0.717) is 32.7 Å². The average Bonchev–Trinajstić information content (AvgIpc) is 2.81. The molecule has 0 aromatic carbocycles. The van der Waals surface area contributed by atoms with E-state index in [9.17, 15) is 14.7 Å². The molecule has 0 unspecified atom stereocenters. The Morgan fingerprint density at radius 3 is 2.35 bits per heavy atom. The molecule has 2 heterocycles. The number of aliphatic carboxylic acids is 1.